The van der Waals surface area contributed by atoms with Gasteiger partial charge in [-0.05, 0) is 147 Å². The van der Waals surface area contributed by atoms with Crippen LogP contribution in [0.5, 0.6) is 11.5 Å². The van der Waals surface area contributed by atoms with Gasteiger partial charge in [0.05, 0.1) is 18.2 Å². The van der Waals surface area contributed by atoms with E-state index in [1.807, 2.05) is 42.5 Å². The van der Waals surface area contributed by atoms with Crippen molar-refractivity contribution in [2.75, 3.05) is 19.7 Å². The van der Waals surface area contributed by atoms with Crippen LogP contribution in [0.25, 0.3) is 10.9 Å². The molecule has 3 aromatic carbocycles. The van der Waals surface area contributed by atoms with E-state index in [0.717, 1.165) is 66.0 Å². The number of H-pyrrole nitrogens is 1. The Morgan fingerprint density at radius 3 is 2.29 bits per heavy atom. The third-order valence-corrected chi connectivity index (χ3v) is 17.3. The fraction of sp³-hybridized carbons (Fsp3) is 0.533. The molecule has 0 radical (unpaired) electrons. The molecule has 7 heteroatoms. The van der Waals surface area contributed by atoms with Crippen LogP contribution in [0, 0.1) is 23.2 Å². The number of pyridine rings is 1. The molecule has 0 aliphatic heterocycles. The normalized spacial score (nSPS) is 23.2. The summed E-state index contributed by atoms with van der Waals surface area (Å²) in [4.78, 5) is 15.6. The van der Waals surface area contributed by atoms with Crippen LogP contribution in [0.3, 0.4) is 0 Å². The highest BCUT2D eigenvalue weighted by atomic mass is 28.4. The number of hydrogen-bond acceptors (Lipinski definition) is 5. The van der Waals surface area contributed by atoms with E-state index in [-0.39, 0.29) is 16.7 Å². The summed E-state index contributed by atoms with van der Waals surface area (Å²) >= 11 is 0. The second kappa shape index (κ2) is 15.5. The summed E-state index contributed by atoms with van der Waals surface area (Å²) in [6.45, 7) is 14.1. The zero-order chi connectivity index (χ0) is 36.3. The molecule has 52 heavy (non-hydrogen) atoms. The summed E-state index contributed by atoms with van der Waals surface area (Å²) in [5.74, 6) is 4.69. The lowest BCUT2D eigenvalue weighted by molar-refractivity contribution is -0.0593. The van der Waals surface area contributed by atoms with E-state index in [1.54, 1.807) is 6.07 Å². The highest BCUT2D eigenvalue weighted by molar-refractivity contribution is 6.74. The molecule has 4 aliphatic rings. The number of ether oxygens (including phenoxy) is 2. The van der Waals surface area contributed by atoms with Crippen LogP contribution < -0.4 is 20.3 Å². The molecule has 8 rings (SSSR count). The van der Waals surface area contributed by atoms with E-state index >= 15 is 0 Å². The molecule has 1 heterocycles. The first-order valence-electron chi connectivity index (χ1n) is 19.9. The van der Waals surface area contributed by atoms with Gasteiger partial charge in [0.15, 0.2) is 8.32 Å². The molecule has 1 atom stereocenters. The fourth-order valence-electron chi connectivity index (χ4n) is 9.62. The van der Waals surface area contributed by atoms with Gasteiger partial charge in [0.2, 0.25) is 5.56 Å². The maximum absolute atomic E-state index is 12.6. The summed E-state index contributed by atoms with van der Waals surface area (Å²) < 4.78 is 19.7. The maximum Gasteiger partial charge on any atom is 0.248 e. The second-order valence-electron chi connectivity index (χ2n) is 17.9. The number of fused-ring (bicyclic) bond motifs is 1. The van der Waals surface area contributed by atoms with Gasteiger partial charge >= 0.3 is 0 Å². The predicted molar refractivity (Wildman–Crippen MR) is 215 cm³/mol. The minimum absolute atomic E-state index is 0.0454. The molecule has 0 saturated heterocycles. The van der Waals surface area contributed by atoms with Gasteiger partial charge in [-0.3, -0.25) is 4.79 Å². The van der Waals surface area contributed by atoms with Crippen molar-refractivity contribution in [3.8, 4) is 11.5 Å². The Kier molecular flexibility index (Phi) is 11.0. The molecule has 4 aromatic rings. The second-order valence-corrected chi connectivity index (χ2v) is 22.6. The van der Waals surface area contributed by atoms with Crippen LogP contribution in [0.15, 0.2) is 83.7 Å². The van der Waals surface area contributed by atoms with Crippen LogP contribution in [-0.4, -0.2) is 33.0 Å². The lowest BCUT2D eigenvalue weighted by Gasteiger charge is -2.57. The molecule has 0 spiro atoms. The van der Waals surface area contributed by atoms with E-state index in [0.29, 0.717) is 29.8 Å². The van der Waals surface area contributed by atoms with E-state index in [2.05, 4.69) is 74.5 Å². The number of rotatable bonds is 16. The van der Waals surface area contributed by atoms with Gasteiger partial charge in [-0.25, -0.2) is 0 Å². The largest absolute Gasteiger partial charge is 0.494 e. The third kappa shape index (κ3) is 8.69. The summed E-state index contributed by atoms with van der Waals surface area (Å²) in [5, 5.41) is 4.73. The van der Waals surface area contributed by atoms with Crippen molar-refractivity contribution < 1.29 is 13.9 Å². The number of nitrogens with one attached hydrogen (secondary N) is 2. The molecule has 4 aliphatic carbocycles. The molecule has 2 N–H and O–H groups in total. The number of aromatic amines is 1. The van der Waals surface area contributed by atoms with Gasteiger partial charge in [-0.2, -0.15) is 0 Å². The van der Waals surface area contributed by atoms with Gasteiger partial charge in [0, 0.05) is 18.0 Å². The molecular weight excluding hydrogens is 661 g/mol. The Morgan fingerprint density at radius 1 is 0.865 bits per heavy atom. The van der Waals surface area contributed by atoms with E-state index in [9.17, 15) is 4.79 Å². The lowest BCUT2D eigenvalue weighted by atomic mass is 9.48. The Hall–Kier alpha value is -3.39. The van der Waals surface area contributed by atoms with Crippen molar-refractivity contribution in [2.45, 2.75) is 109 Å². The molecular formula is C45H60N2O4Si. The molecule has 4 fully saturated rings. The number of aromatic nitrogens is 1. The first-order chi connectivity index (χ1) is 25.0. The molecule has 4 saturated carbocycles. The molecule has 0 unspecified atom stereocenters. The summed E-state index contributed by atoms with van der Waals surface area (Å²) in [5.41, 5.74) is 4.59. The minimum Gasteiger partial charge on any atom is -0.494 e. The first kappa shape index (κ1) is 36.9. The Morgan fingerprint density at radius 2 is 1.58 bits per heavy atom. The average Bonchev–Trinajstić information content (AvgIpc) is 3.10. The first-order valence-corrected chi connectivity index (χ1v) is 22.8. The zero-order valence-corrected chi connectivity index (χ0v) is 33.1. The summed E-state index contributed by atoms with van der Waals surface area (Å²) in [7, 11) is -2.15. The van der Waals surface area contributed by atoms with Crippen LogP contribution in [0.2, 0.25) is 18.1 Å². The Labute approximate surface area is 312 Å². The van der Waals surface area contributed by atoms with Crippen LogP contribution >= 0.6 is 0 Å². The van der Waals surface area contributed by atoms with Gasteiger partial charge in [-0.1, -0.05) is 69.3 Å². The molecule has 4 bridgehead atoms. The quantitative estimate of drug-likeness (QED) is 0.0891. The molecule has 0 amide bonds. The van der Waals surface area contributed by atoms with E-state index in [4.69, 9.17) is 13.9 Å². The third-order valence-electron chi connectivity index (χ3n) is 12.8. The molecule has 6 nitrogen and oxygen atoms in total. The topological polar surface area (TPSA) is 72.6 Å². The Balaban J connectivity index is 0.981. The van der Waals surface area contributed by atoms with Gasteiger partial charge < -0.3 is 24.2 Å². The molecule has 278 valence electrons. The van der Waals surface area contributed by atoms with E-state index in [1.165, 1.54) is 50.5 Å². The van der Waals surface area contributed by atoms with E-state index < -0.39 is 8.32 Å². The van der Waals surface area contributed by atoms with Crippen molar-refractivity contribution in [3.05, 3.63) is 106 Å². The van der Waals surface area contributed by atoms with Crippen LogP contribution in [-0.2, 0) is 17.5 Å². The summed E-state index contributed by atoms with van der Waals surface area (Å²) in [6, 6.07) is 26.3. The van der Waals surface area contributed by atoms with Gasteiger partial charge in [0.1, 0.15) is 18.1 Å². The minimum atomic E-state index is -2.15. The fourth-order valence-corrected chi connectivity index (χ4v) is 10.9. The van der Waals surface area contributed by atoms with Crippen LogP contribution in [0.1, 0.15) is 94.9 Å². The van der Waals surface area contributed by atoms with Crippen molar-refractivity contribution >= 4 is 19.2 Å². The summed E-state index contributed by atoms with van der Waals surface area (Å²) in [6.07, 6.45) is 12.2. The monoisotopic (exact) mass is 720 g/mol. The van der Waals surface area contributed by atoms with Gasteiger partial charge in [-0.15, -0.1) is 0 Å². The van der Waals surface area contributed by atoms with Crippen molar-refractivity contribution in [2.24, 2.45) is 23.2 Å². The zero-order valence-electron chi connectivity index (χ0n) is 32.1. The standard InChI is InChI=1S/C45H60N2O4Si/c1-44(2,3)52(4,5)51-41(38-15-17-40(43-39(38)16-18-42(48)47-43)50-31-33-11-7-6-8-12-33)30-46-21-19-32-13-9-14-37(26-32)49-22-10-20-45-27-34-23-35(28-45)25-36(24-34)29-45/h6-9,11-18,26,34-36,41,46H,10,19-25,27-31H2,1-5H3,(H,47,48)/t34?,35?,36?,41-,45?/m0/s1. The smallest absolute Gasteiger partial charge is 0.248 e. The maximum atomic E-state index is 12.6. The predicted octanol–water partition coefficient (Wildman–Crippen LogP) is 10.4. The number of hydrogen-bond donors (Lipinski definition) is 2. The SMILES string of the molecule is CC(C)(C)[Si](C)(C)O[C@@H](CNCCc1cccc(OCCCC23CC4CC(CC(C4)C2)C3)c1)c1ccc(OCc2ccccc2)c2[nH]c(=O)ccc12. The Bertz CT molecular complexity index is 1830. The van der Waals surface area contributed by atoms with Gasteiger partial charge in [0.25, 0.3) is 0 Å². The lowest BCUT2D eigenvalue weighted by Crippen LogP contribution is -2.46. The van der Waals surface area contributed by atoms with Crippen molar-refractivity contribution in [3.63, 3.8) is 0 Å². The van der Waals surface area contributed by atoms with Crippen LogP contribution in [0.4, 0.5) is 0 Å². The average molecular weight is 721 g/mol. The highest BCUT2D eigenvalue weighted by Gasteiger charge is 2.50. The van der Waals surface area contributed by atoms with Crippen molar-refractivity contribution in [1.82, 2.24) is 10.3 Å². The highest BCUT2D eigenvalue weighted by Crippen LogP contribution is 2.61. The van der Waals surface area contributed by atoms with Crippen molar-refractivity contribution in [1.29, 1.82) is 0 Å². The number of benzene rings is 3. The molecule has 1 aromatic heterocycles.